The lowest BCUT2D eigenvalue weighted by molar-refractivity contribution is -0.147. The van der Waals surface area contributed by atoms with Crippen LogP contribution in [0.3, 0.4) is 0 Å². The first kappa shape index (κ1) is 21.6. The predicted octanol–water partition coefficient (Wildman–Crippen LogP) is 0.525. The van der Waals surface area contributed by atoms with Crippen molar-refractivity contribution in [2.45, 2.75) is 50.0 Å². The molecule has 6 atom stereocenters. The molecule has 3 fully saturated rings. The number of fused-ring (bicyclic) bond motifs is 1. The molecule has 3 amide bonds. The summed E-state index contributed by atoms with van der Waals surface area (Å²) in [5, 5.41) is 15.3. The number of anilines is 1. The largest absolute Gasteiger partial charge is 0.497 e. The van der Waals surface area contributed by atoms with Crippen LogP contribution in [0.2, 0.25) is 0 Å². The van der Waals surface area contributed by atoms with Gasteiger partial charge in [0.05, 0.1) is 37.2 Å². The highest BCUT2D eigenvalue weighted by molar-refractivity contribution is 6.03. The molecule has 3 aliphatic rings. The van der Waals surface area contributed by atoms with Crippen molar-refractivity contribution in [1.82, 2.24) is 10.2 Å². The normalized spacial score (nSPS) is 34.4. The van der Waals surface area contributed by atoms with E-state index in [4.69, 9.17) is 9.47 Å². The standard InChI is InChI=1S/C22H29N3O6/c1-12(11-26)25-17(19(28)24-13-5-7-14(30-4)8-6-13)22-10-9-21(2,31-22)15(18(27)23-3)16(22)20(25)29/h5-8,12,15-17,26H,9-11H2,1-4H3,(H,23,27)(H,24,28)/t12-,15+,16+,17?,21-,22?/m1/s1. The van der Waals surface area contributed by atoms with Gasteiger partial charge in [-0.05, 0) is 51.0 Å². The molecule has 0 aromatic heterocycles. The third-order valence-electron chi connectivity index (χ3n) is 7.09. The van der Waals surface area contributed by atoms with Crippen molar-refractivity contribution in [3.8, 4) is 5.75 Å². The number of aliphatic hydroxyl groups is 1. The van der Waals surface area contributed by atoms with E-state index in [1.165, 1.54) is 11.9 Å². The van der Waals surface area contributed by atoms with Crippen LogP contribution in [0.1, 0.15) is 26.7 Å². The molecule has 0 saturated carbocycles. The Morgan fingerprint density at radius 2 is 1.97 bits per heavy atom. The van der Waals surface area contributed by atoms with Gasteiger partial charge in [-0.15, -0.1) is 0 Å². The molecule has 3 heterocycles. The molecule has 1 aromatic rings. The molecule has 2 bridgehead atoms. The number of aliphatic hydroxyl groups excluding tert-OH is 1. The molecule has 0 radical (unpaired) electrons. The van der Waals surface area contributed by atoms with Crippen LogP contribution in [0, 0.1) is 11.8 Å². The van der Waals surface area contributed by atoms with Crippen LogP contribution < -0.4 is 15.4 Å². The van der Waals surface area contributed by atoms with E-state index in [1.807, 2.05) is 6.92 Å². The van der Waals surface area contributed by atoms with E-state index >= 15 is 0 Å². The van der Waals surface area contributed by atoms with Gasteiger partial charge in [0.1, 0.15) is 17.4 Å². The maximum Gasteiger partial charge on any atom is 0.250 e. The topological polar surface area (TPSA) is 117 Å². The maximum absolute atomic E-state index is 13.6. The Balaban J connectivity index is 1.73. The average molecular weight is 431 g/mol. The molecule has 9 nitrogen and oxygen atoms in total. The number of carbonyl (C=O) groups is 3. The van der Waals surface area contributed by atoms with Gasteiger partial charge >= 0.3 is 0 Å². The predicted molar refractivity (Wildman–Crippen MR) is 111 cm³/mol. The summed E-state index contributed by atoms with van der Waals surface area (Å²) in [5.41, 5.74) is -1.37. The van der Waals surface area contributed by atoms with Crippen molar-refractivity contribution >= 4 is 23.4 Å². The number of methoxy groups -OCH3 is 1. The Labute approximate surface area is 181 Å². The van der Waals surface area contributed by atoms with Crippen molar-refractivity contribution in [2.24, 2.45) is 11.8 Å². The fourth-order valence-electron chi connectivity index (χ4n) is 5.67. The second-order valence-electron chi connectivity index (χ2n) is 8.84. The number of likely N-dealkylation sites (tertiary alicyclic amines) is 1. The fraction of sp³-hybridized carbons (Fsp3) is 0.591. The van der Waals surface area contributed by atoms with Gasteiger partial charge in [0.15, 0.2) is 0 Å². The van der Waals surface area contributed by atoms with Crippen LogP contribution in [0.25, 0.3) is 0 Å². The van der Waals surface area contributed by atoms with Crippen molar-refractivity contribution < 1.29 is 29.0 Å². The maximum atomic E-state index is 13.6. The molecule has 4 rings (SSSR count). The summed E-state index contributed by atoms with van der Waals surface area (Å²) in [7, 11) is 3.09. The van der Waals surface area contributed by atoms with Gasteiger partial charge in [0, 0.05) is 12.7 Å². The number of amides is 3. The lowest BCUT2D eigenvalue weighted by Crippen LogP contribution is -2.55. The first-order valence-electron chi connectivity index (χ1n) is 10.5. The lowest BCUT2D eigenvalue weighted by atomic mass is 9.66. The minimum atomic E-state index is -1.11. The average Bonchev–Trinajstić information content (AvgIpc) is 3.34. The zero-order valence-electron chi connectivity index (χ0n) is 18.2. The summed E-state index contributed by atoms with van der Waals surface area (Å²) < 4.78 is 11.6. The molecule has 2 unspecified atom stereocenters. The number of hydrogen-bond donors (Lipinski definition) is 3. The van der Waals surface area contributed by atoms with Crippen molar-refractivity contribution in [2.75, 3.05) is 26.1 Å². The Hall–Kier alpha value is -2.65. The Kier molecular flexibility index (Phi) is 5.21. The first-order valence-corrected chi connectivity index (χ1v) is 10.5. The van der Waals surface area contributed by atoms with Gasteiger partial charge in [-0.3, -0.25) is 14.4 Å². The van der Waals surface area contributed by atoms with Crippen molar-refractivity contribution in [1.29, 1.82) is 0 Å². The summed E-state index contributed by atoms with van der Waals surface area (Å²) in [5.74, 6) is -1.80. The molecule has 3 saturated heterocycles. The Morgan fingerprint density at radius 1 is 1.29 bits per heavy atom. The molecular weight excluding hydrogens is 402 g/mol. The van der Waals surface area contributed by atoms with Gasteiger partial charge in [0.25, 0.3) is 0 Å². The second kappa shape index (κ2) is 7.49. The quantitative estimate of drug-likeness (QED) is 0.605. The van der Waals surface area contributed by atoms with E-state index in [1.54, 1.807) is 38.3 Å². The minimum Gasteiger partial charge on any atom is -0.497 e. The number of ether oxygens (including phenoxy) is 2. The smallest absolute Gasteiger partial charge is 0.250 e. The SMILES string of the molecule is CNC(=O)[C@@H]1[C@H]2C(=O)N([C@H](C)CO)C(C(=O)Nc3ccc(OC)cc3)C23CC[C@@]1(C)O3. The Bertz CT molecular complexity index is 905. The van der Waals surface area contributed by atoms with Crippen LogP contribution in [-0.2, 0) is 19.1 Å². The number of rotatable bonds is 6. The summed E-state index contributed by atoms with van der Waals surface area (Å²) in [6, 6.07) is 5.33. The molecule has 0 aliphatic carbocycles. The minimum absolute atomic E-state index is 0.268. The third kappa shape index (κ3) is 3.02. The fourth-order valence-corrected chi connectivity index (χ4v) is 5.67. The third-order valence-corrected chi connectivity index (χ3v) is 7.09. The summed E-state index contributed by atoms with van der Waals surface area (Å²) in [6.07, 6.45) is 1.06. The number of nitrogens with one attached hydrogen (secondary N) is 2. The first-order chi connectivity index (χ1) is 14.7. The second-order valence-corrected chi connectivity index (χ2v) is 8.84. The zero-order chi connectivity index (χ0) is 22.6. The number of carbonyl (C=O) groups excluding carboxylic acids is 3. The summed E-state index contributed by atoms with van der Waals surface area (Å²) in [4.78, 5) is 41.2. The van der Waals surface area contributed by atoms with Crippen LogP contribution in [0.4, 0.5) is 5.69 Å². The number of hydrogen-bond acceptors (Lipinski definition) is 6. The highest BCUT2D eigenvalue weighted by atomic mass is 16.5. The van der Waals surface area contributed by atoms with E-state index in [9.17, 15) is 19.5 Å². The van der Waals surface area contributed by atoms with Crippen molar-refractivity contribution in [3.05, 3.63) is 24.3 Å². The van der Waals surface area contributed by atoms with E-state index in [-0.39, 0.29) is 18.4 Å². The van der Waals surface area contributed by atoms with E-state index in [2.05, 4.69) is 10.6 Å². The lowest BCUT2D eigenvalue weighted by Gasteiger charge is -2.35. The summed E-state index contributed by atoms with van der Waals surface area (Å²) in [6.45, 7) is 3.22. The molecule has 1 aromatic carbocycles. The van der Waals surface area contributed by atoms with Crippen LogP contribution in [0.5, 0.6) is 5.75 Å². The summed E-state index contributed by atoms with van der Waals surface area (Å²) >= 11 is 0. The molecule has 9 heteroatoms. The number of nitrogens with zero attached hydrogens (tertiary/aromatic N) is 1. The van der Waals surface area contributed by atoms with Gasteiger partial charge in [0.2, 0.25) is 17.7 Å². The van der Waals surface area contributed by atoms with Crippen LogP contribution >= 0.6 is 0 Å². The van der Waals surface area contributed by atoms with Gasteiger partial charge in [-0.25, -0.2) is 0 Å². The van der Waals surface area contributed by atoms with Gasteiger partial charge in [-0.1, -0.05) is 0 Å². The van der Waals surface area contributed by atoms with Crippen LogP contribution in [0.15, 0.2) is 24.3 Å². The molecular formula is C22H29N3O6. The van der Waals surface area contributed by atoms with E-state index in [0.717, 1.165) is 0 Å². The van der Waals surface area contributed by atoms with Gasteiger partial charge in [-0.2, -0.15) is 0 Å². The van der Waals surface area contributed by atoms with Crippen molar-refractivity contribution in [3.63, 3.8) is 0 Å². The monoisotopic (exact) mass is 431 g/mol. The highest BCUT2D eigenvalue weighted by Gasteiger charge is 2.78. The van der Waals surface area contributed by atoms with Crippen LogP contribution in [-0.4, -0.2) is 71.8 Å². The molecule has 1 spiro atoms. The molecule has 3 aliphatic heterocycles. The number of benzene rings is 1. The van der Waals surface area contributed by atoms with E-state index in [0.29, 0.717) is 24.3 Å². The van der Waals surface area contributed by atoms with E-state index < -0.39 is 41.0 Å². The Morgan fingerprint density at radius 3 is 2.55 bits per heavy atom. The van der Waals surface area contributed by atoms with Gasteiger partial charge < -0.3 is 30.1 Å². The highest BCUT2D eigenvalue weighted by Crippen LogP contribution is 2.63. The molecule has 3 N–H and O–H groups in total. The zero-order valence-corrected chi connectivity index (χ0v) is 18.2. The molecule has 31 heavy (non-hydrogen) atoms. The molecule has 168 valence electrons.